The van der Waals surface area contributed by atoms with Gasteiger partial charge >= 0.3 is 16.5 Å². The number of carbonyl (C=O) groups excluding carboxylic acids is 2. The van der Waals surface area contributed by atoms with Gasteiger partial charge in [0.2, 0.25) is 5.78 Å². The zero-order valence-electron chi connectivity index (χ0n) is 10.4. The number of nitrogens with zero attached hydrogens (tertiary/aromatic N) is 2. The molecule has 0 fully saturated rings. The number of aromatic nitrogens is 1. The average Bonchev–Trinajstić information content (AvgIpc) is 2.44. The van der Waals surface area contributed by atoms with Gasteiger partial charge in [0.15, 0.2) is 0 Å². The van der Waals surface area contributed by atoms with Gasteiger partial charge in [0.1, 0.15) is 0 Å². The summed E-state index contributed by atoms with van der Waals surface area (Å²) in [7, 11) is 0. The molecule has 0 atom stereocenters. The molecule has 1 amide bonds. The van der Waals surface area contributed by atoms with Gasteiger partial charge in [-0.1, -0.05) is 23.2 Å². The summed E-state index contributed by atoms with van der Waals surface area (Å²) in [6.07, 6.45) is 7.16. The molecule has 0 saturated carbocycles. The average molecular weight is 369 g/mol. The molecule has 0 aliphatic heterocycles. The number of carbonyl (C=O) groups is 1. The molecule has 1 heterocycles. The smallest absolute Gasteiger partial charge is 0.513 e. The molecule has 0 spiro atoms. The van der Waals surface area contributed by atoms with E-state index in [1.54, 1.807) is 12.1 Å². The number of nitrogens with one attached hydrogen (secondary N) is 1. The van der Waals surface area contributed by atoms with Gasteiger partial charge in [-0.15, -0.1) is 0 Å². The predicted molar refractivity (Wildman–Crippen MR) is 77.7 cm³/mol. The Morgan fingerprint density at radius 2 is 1.95 bits per heavy atom. The Morgan fingerprint density at radius 1 is 1.29 bits per heavy atom. The van der Waals surface area contributed by atoms with E-state index in [0.29, 0.717) is 10.6 Å². The van der Waals surface area contributed by atoms with E-state index in [-0.39, 0.29) is 38.8 Å². The molecule has 0 aromatic carbocycles. The molecule has 1 aliphatic rings. The number of rotatable bonds is 3. The van der Waals surface area contributed by atoms with E-state index >= 15 is 0 Å². The monoisotopic (exact) mass is 367 g/mol. The standard InChI is InChI=1S/C13H9Cl2N3O2.Ni/c14-10-5-9(12(19)11(15)6-10)7-17-18-13(20)8-1-3-16-4-2-8;/h1-7H,(H2,16,17,18,19,20);/q;+2. The molecule has 1 aliphatic carbocycles. The summed E-state index contributed by atoms with van der Waals surface area (Å²) in [6.45, 7) is 0. The minimum Gasteiger partial charge on any atom is -0.513 e. The van der Waals surface area contributed by atoms with Crippen LogP contribution in [-0.2, 0) is 21.3 Å². The minimum atomic E-state index is -0.373. The summed E-state index contributed by atoms with van der Waals surface area (Å²) in [4.78, 5) is 25.2. The third kappa shape index (κ3) is 4.71. The van der Waals surface area contributed by atoms with Crippen LogP contribution < -0.4 is 5.43 Å². The van der Waals surface area contributed by atoms with Crippen molar-refractivity contribution in [2.45, 2.75) is 0 Å². The van der Waals surface area contributed by atoms with Crippen LogP contribution in [-0.4, -0.2) is 21.5 Å². The number of amides is 1. The first kappa shape index (κ1) is 17.4. The third-order valence-electron chi connectivity index (χ3n) is 2.37. The zero-order valence-corrected chi connectivity index (χ0v) is 12.9. The van der Waals surface area contributed by atoms with E-state index in [9.17, 15) is 9.59 Å². The number of hydrogen-bond acceptors (Lipinski definition) is 3. The van der Waals surface area contributed by atoms with Gasteiger partial charge in [-0.3, -0.25) is 14.6 Å². The van der Waals surface area contributed by atoms with Gasteiger partial charge < -0.3 is 10.9 Å². The van der Waals surface area contributed by atoms with Gasteiger partial charge in [-0.2, -0.15) is 0 Å². The van der Waals surface area contributed by atoms with Crippen molar-refractivity contribution >= 4 is 34.9 Å². The van der Waals surface area contributed by atoms with Crippen molar-refractivity contribution in [3.63, 3.8) is 0 Å². The molecule has 1 aromatic heterocycles. The Labute approximate surface area is 141 Å². The molecule has 2 N–H and O–H groups in total. The second kappa shape index (κ2) is 7.98. The number of pyridine rings is 1. The molecule has 0 bridgehead atoms. The molecule has 0 unspecified atom stereocenters. The van der Waals surface area contributed by atoms with Gasteiger partial charge in [-0.05, 0) is 30.5 Å². The quantitative estimate of drug-likeness (QED) is 0.385. The van der Waals surface area contributed by atoms with Crippen LogP contribution in [0.25, 0.3) is 5.43 Å². The molecule has 8 heteroatoms. The molecular formula is C13H9Cl2N3NiO2+2. The van der Waals surface area contributed by atoms with E-state index in [1.165, 1.54) is 30.7 Å². The van der Waals surface area contributed by atoms with Crippen molar-refractivity contribution in [2.75, 3.05) is 0 Å². The summed E-state index contributed by atoms with van der Waals surface area (Å²) in [6, 6.07) is 3.19. The predicted octanol–water partition coefficient (Wildman–Crippen LogP) is 2.52. The fourth-order valence-corrected chi connectivity index (χ4v) is 1.93. The molecule has 5 nitrogen and oxygen atoms in total. The zero-order chi connectivity index (χ0) is 14.5. The minimum absolute atomic E-state index is 0. The largest absolute Gasteiger partial charge is 2.00 e. The van der Waals surface area contributed by atoms with Crippen LogP contribution in [0.2, 0.25) is 0 Å². The van der Waals surface area contributed by atoms with Crippen molar-refractivity contribution in [2.24, 2.45) is 0 Å². The van der Waals surface area contributed by atoms with Crippen LogP contribution >= 0.6 is 23.2 Å². The van der Waals surface area contributed by atoms with Crippen molar-refractivity contribution in [3.05, 3.63) is 69.5 Å². The summed E-state index contributed by atoms with van der Waals surface area (Å²) in [5.74, 6) is -0.605. The first-order chi connectivity index (χ1) is 9.58. The number of hydrogen-bond donors (Lipinski definition) is 1. The fraction of sp³-hybridized carbons (Fsp3) is 0. The van der Waals surface area contributed by atoms with Crippen LogP contribution in [0.1, 0.15) is 5.56 Å². The summed E-state index contributed by atoms with van der Waals surface area (Å²) in [5.41, 5.74) is 6.91. The normalized spacial score (nSPS) is 15.7. The Balaban J connectivity index is 0.00000220. The second-order valence-corrected chi connectivity index (χ2v) is 4.59. The molecule has 1 aromatic rings. The van der Waals surface area contributed by atoms with Crippen molar-refractivity contribution in [1.29, 1.82) is 0 Å². The number of Topliss-reactive ketones (excluding diaryl/α,β-unsaturated/α-hetero) is 1. The Bertz CT molecular complexity index is 642. The second-order valence-electron chi connectivity index (χ2n) is 3.75. The van der Waals surface area contributed by atoms with Gasteiger partial charge in [0, 0.05) is 23.0 Å². The molecule has 21 heavy (non-hydrogen) atoms. The van der Waals surface area contributed by atoms with Crippen molar-refractivity contribution < 1.29 is 26.1 Å². The Morgan fingerprint density at radius 3 is 2.62 bits per heavy atom. The Kier molecular flexibility index (Phi) is 6.63. The van der Waals surface area contributed by atoms with Crippen LogP contribution in [0.3, 0.4) is 0 Å². The maximum Gasteiger partial charge on any atom is 2.00 e. The van der Waals surface area contributed by atoms with E-state index in [4.69, 9.17) is 23.2 Å². The number of allylic oxidation sites excluding steroid dienone is 5. The molecule has 0 saturated heterocycles. The van der Waals surface area contributed by atoms with Crippen LogP contribution in [0.4, 0.5) is 0 Å². The van der Waals surface area contributed by atoms with E-state index in [1.807, 2.05) is 0 Å². The SMILES string of the molecule is O=C1C(Cl)=CC(Cl)=CC1=CN[N-]C(=[OH+])c1ccncc1.[Ni+2]. The third-order valence-corrected chi connectivity index (χ3v) is 2.87. The first-order valence-electron chi connectivity index (χ1n) is 5.50. The summed E-state index contributed by atoms with van der Waals surface area (Å²) >= 11 is 11.5. The molecule has 110 valence electrons. The van der Waals surface area contributed by atoms with E-state index < -0.39 is 0 Å². The van der Waals surface area contributed by atoms with Crippen molar-refractivity contribution in [1.82, 2.24) is 10.4 Å². The molecule has 2 rings (SSSR count). The van der Waals surface area contributed by atoms with Gasteiger partial charge in [0.05, 0.1) is 10.6 Å². The maximum absolute atomic E-state index is 11.7. The van der Waals surface area contributed by atoms with Crippen LogP contribution in [0, 0.1) is 0 Å². The maximum atomic E-state index is 11.7. The Hall–Kier alpha value is -1.62. The fourth-order valence-electron chi connectivity index (χ4n) is 1.42. The summed E-state index contributed by atoms with van der Waals surface area (Å²) in [5, 5.41) is 0.359. The van der Waals surface area contributed by atoms with Crippen LogP contribution in [0.15, 0.2) is 58.5 Å². The number of halogens is 2. The van der Waals surface area contributed by atoms with Gasteiger partial charge in [0.25, 0.3) is 5.91 Å². The number of ketones is 1. The molecular weight excluding hydrogens is 360 g/mol. The topological polar surface area (TPSA) is 77.5 Å². The van der Waals surface area contributed by atoms with Gasteiger partial charge in [-0.25, -0.2) is 0 Å². The molecule has 0 radical (unpaired) electrons. The summed E-state index contributed by atoms with van der Waals surface area (Å²) < 4.78 is 0. The van der Waals surface area contributed by atoms with Crippen LogP contribution in [0.5, 0.6) is 0 Å². The van der Waals surface area contributed by atoms with E-state index in [2.05, 4.69) is 15.8 Å². The van der Waals surface area contributed by atoms with E-state index in [0.717, 1.165) is 0 Å². The first-order valence-corrected chi connectivity index (χ1v) is 6.25. The van der Waals surface area contributed by atoms with Crippen molar-refractivity contribution in [3.8, 4) is 0 Å².